The maximum atomic E-state index is 12.6. The first-order valence-electron chi connectivity index (χ1n) is 9.39. The summed E-state index contributed by atoms with van der Waals surface area (Å²) >= 11 is 0.774. The molecule has 30 heavy (non-hydrogen) atoms. The molecule has 3 heterocycles. The van der Waals surface area contributed by atoms with Gasteiger partial charge in [0.15, 0.2) is 0 Å². The van der Waals surface area contributed by atoms with Crippen LogP contribution in [0.3, 0.4) is 0 Å². The van der Waals surface area contributed by atoms with Gasteiger partial charge in [0.1, 0.15) is 18.1 Å². The highest BCUT2D eigenvalue weighted by Gasteiger charge is 2.37. The molecule has 0 radical (unpaired) electrons. The van der Waals surface area contributed by atoms with E-state index < -0.39 is 17.1 Å². The van der Waals surface area contributed by atoms with E-state index in [-0.39, 0.29) is 22.9 Å². The van der Waals surface area contributed by atoms with E-state index in [4.69, 9.17) is 9.52 Å². The van der Waals surface area contributed by atoms with E-state index in [1.54, 1.807) is 29.2 Å². The summed E-state index contributed by atoms with van der Waals surface area (Å²) in [7, 11) is 0. The van der Waals surface area contributed by atoms with Crippen LogP contribution >= 0.6 is 11.8 Å². The van der Waals surface area contributed by atoms with E-state index in [0.29, 0.717) is 30.2 Å². The average Bonchev–Trinajstić information content (AvgIpc) is 3.47. The van der Waals surface area contributed by atoms with Gasteiger partial charge < -0.3 is 14.4 Å². The second kappa shape index (κ2) is 8.19. The SMILES string of the molecule is O=C(O)c1ccc(-c2ccc(C=C3SC(=O)N(CC(=O)N4CCCC4)C3=O)o2)cc1. The average molecular weight is 426 g/mol. The molecule has 0 bridgehead atoms. The Morgan fingerprint density at radius 3 is 2.43 bits per heavy atom. The van der Waals surface area contributed by atoms with Gasteiger partial charge in [-0.1, -0.05) is 12.1 Å². The van der Waals surface area contributed by atoms with E-state index in [1.807, 2.05) is 0 Å². The van der Waals surface area contributed by atoms with Gasteiger partial charge in [-0.3, -0.25) is 19.3 Å². The monoisotopic (exact) mass is 426 g/mol. The van der Waals surface area contributed by atoms with Gasteiger partial charge in [-0.15, -0.1) is 0 Å². The number of imide groups is 1. The number of thioether (sulfide) groups is 1. The molecule has 9 heteroatoms. The van der Waals surface area contributed by atoms with E-state index in [2.05, 4.69) is 0 Å². The van der Waals surface area contributed by atoms with Gasteiger partial charge in [0.05, 0.1) is 10.5 Å². The number of likely N-dealkylation sites (tertiary alicyclic amines) is 1. The molecule has 2 fully saturated rings. The van der Waals surface area contributed by atoms with Crippen LogP contribution in [0.15, 0.2) is 45.7 Å². The van der Waals surface area contributed by atoms with Crippen LogP contribution in [0.25, 0.3) is 17.4 Å². The van der Waals surface area contributed by atoms with E-state index >= 15 is 0 Å². The maximum Gasteiger partial charge on any atom is 0.335 e. The third kappa shape index (κ3) is 4.02. The van der Waals surface area contributed by atoms with Crippen molar-refractivity contribution in [3.8, 4) is 11.3 Å². The van der Waals surface area contributed by atoms with Gasteiger partial charge in [0.2, 0.25) is 5.91 Å². The van der Waals surface area contributed by atoms with Gasteiger partial charge in [-0.25, -0.2) is 4.79 Å². The Morgan fingerprint density at radius 1 is 1.07 bits per heavy atom. The van der Waals surface area contributed by atoms with Crippen molar-refractivity contribution in [2.45, 2.75) is 12.8 Å². The van der Waals surface area contributed by atoms with Crippen molar-refractivity contribution in [1.82, 2.24) is 9.80 Å². The summed E-state index contributed by atoms with van der Waals surface area (Å²) in [6.07, 6.45) is 3.35. The van der Waals surface area contributed by atoms with Gasteiger partial charge >= 0.3 is 5.97 Å². The highest BCUT2D eigenvalue weighted by atomic mass is 32.2. The number of amides is 3. The minimum absolute atomic E-state index is 0.169. The molecule has 154 valence electrons. The molecule has 1 aromatic carbocycles. The normalized spacial score (nSPS) is 17.9. The number of carboxylic acid groups (broad SMARTS) is 1. The van der Waals surface area contributed by atoms with Crippen LogP contribution in [-0.2, 0) is 9.59 Å². The van der Waals surface area contributed by atoms with Gasteiger partial charge in [-0.2, -0.15) is 0 Å². The number of rotatable bonds is 5. The van der Waals surface area contributed by atoms with Crippen molar-refractivity contribution >= 4 is 40.9 Å². The van der Waals surface area contributed by atoms with Crippen molar-refractivity contribution in [3.05, 3.63) is 52.6 Å². The molecule has 2 aliphatic rings. The van der Waals surface area contributed by atoms with Crippen LogP contribution in [0.1, 0.15) is 29.0 Å². The Hall–Kier alpha value is -3.33. The topological polar surface area (TPSA) is 108 Å². The number of hydrogen-bond donors (Lipinski definition) is 1. The lowest BCUT2D eigenvalue weighted by Gasteiger charge is -2.18. The molecule has 0 spiro atoms. The summed E-state index contributed by atoms with van der Waals surface area (Å²) in [4.78, 5) is 50.9. The largest absolute Gasteiger partial charge is 0.478 e. The zero-order valence-corrected chi connectivity index (χ0v) is 16.7. The second-order valence-corrected chi connectivity index (χ2v) is 7.93. The van der Waals surface area contributed by atoms with Crippen LogP contribution in [0.4, 0.5) is 4.79 Å². The Balaban J connectivity index is 1.47. The smallest absolute Gasteiger partial charge is 0.335 e. The zero-order chi connectivity index (χ0) is 21.3. The number of carbonyl (C=O) groups excluding carboxylic acids is 3. The molecule has 0 atom stereocenters. The second-order valence-electron chi connectivity index (χ2n) is 6.94. The maximum absolute atomic E-state index is 12.6. The Morgan fingerprint density at radius 2 is 1.77 bits per heavy atom. The van der Waals surface area contributed by atoms with Crippen molar-refractivity contribution in [2.24, 2.45) is 0 Å². The third-order valence-electron chi connectivity index (χ3n) is 4.94. The Kier molecular flexibility index (Phi) is 5.45. The molecular formula is C21H18N2O6S. The van der Waals surface area contributed by atoms with Crippen molar-refractivity contribution in [1.29, 1.82) is 0 Å². The van der Waals surface area contributed by atoms with E-state index in [9.17, 15) is 19.2 Å². The standard InChI is InChI=1S/C21H18N2O6S/c24-18(22-9-1-2-10-22)12-23-19(25)17(30-21(23)28)11-15-7-8-16(29-15)13-3-5-14(6-4-13)20(26)27/h3-8,11H,1-2,9-10,12H2,(H,26,27). The number of carboxylic acids is 1. The minimum atomic E-state index is -1.01. The molecule has 8 nitrogen and oxygen atoms in total. The summed E-state index contributed by atoms with van der Waals surface area (Å²) in [5.74, 6) is -0.867. The quantitative estimate of drug-likeness (QED) is 0.731. The molecule has 2 aromatic rings. The molecule has 0 unspecified atom stereocenters. The molecule has 3 amide bonds. The molecule has 4 rings (SSSR count). The highest BCUT2D eigenvalue weighted by Crippen LogP contribution is 2.33. The van der Waals surface area contributed by atoms with Crippen LogP contribution in [-0.4, -0.2) is 57.6 Å². The first-order valence-corrected chi connectivity index (χ1v) is 10.2. The summed E-state index contributed by atoms with van der Waals surface area (Å²) in [5.41, 5.74) is 0.853. The number of carbonyl (C=O) groups is 4. The number of furan rings is 1. The highest BCUT2D eigenvalue weighted by molar-refractivity contribution is 8.18. The molecule has 2 saturated heterocycles. The molecular weight excluding hydrogens is 408 g/mol. The Bertz CT molecular complexity index is 1050. The van der Waals surface area contributed by atoms with Crippen LogP contribution in [0, 0.1) is 0 Å². The number of benzene rings is 1. The van der Waals surface area contributed by atoms with Gasteiger partial charge in [-0.05, 0) is 48.9 Å². The molecule has 2 aliphatic heterocycles. The van der Waals surface area contributed by atoms with Gasteiger partial charge in [0.25, 0.3) is 11.1 Å². The van der Waals surface area contributed by atoms with Crippen molar-refractivity contribution in [3.63, 3.8) is 0 Å². The predicted octanol–water partition coefficient (Wildman–Crippen LogP) is 3.30. The zero-order valence-electron chi connectivity index (χ0n) is 15.9. The fourth-order valence-electron chi connectivity index (χ4n) is 3.33. The van der Waals surface area contributed by atoms with Crippen LogP contribution < -0.4 is 0 Å². The molecule has 0 aliphatic carbocycles. The summed E-state index contributed by atoms with van der Waals surface area (Å²) < 4.78 is 5.72. The third-order valence-corrected chi connectivity index (χ3v) is 5.85. The Labute approximate surface area is 176 Å². The summed E-state index contributed by atoms with van der Waals surface area (Å²) in [6, 6.07) is 9.56. The molecule has 1 aromatic heterocycles. The minimum Gasteiger partial charge on any atom is -0.478 e. The van der Waals surface area contributed by atoms with Gasteiger partial charge in [0, 0.05) is 24.7 Å². The molecule has 0 saturated carbocycles. The summed E-state index contributed by atoms with van der Waals surface area (Å²) in [6.45, 7) is 1.07. The molecule has 1 N–H and O–H groups in total. The fourth-order valence-corrected chi connectivity index (χ4v) is 4.15. The first-order chi connectivity index (χ1) is 14.4. The van der Waals surface area contributed by atoms with Crippen molar-refractivity contribution in [2.75, 3.05) is 19.6 Å². The summed E-state index contributed by atoms with van der Waals surface area (Å²) in [5, 5.41) is 8.50. The van der Waals surface area contributed by atoms with Crippen LogP contribution in [0.2, 0.25) is 0 Å². The number of nitrogens with zero attached hydrogens (tertiary/aromatic N) is 2. The predicted molar refractivity (Wildman–Crippen MR) is 110 cm³/mol. The van der Waals surface area contributed by atoms with Crippen LogP contribution in [0.5, 0.6) is 0 Å². The lowest BCUT2D eigenvalue weighted by molar-refractivity contribution is -0.135. The lowest BCUT2D eigenvalue weighted by atomic mass is 10.1. The van der Waals surface area contributed by atoms with E-state index in [0.717, 1.165) is 29.5 Å². The number of aromatic carboxylic acids is 1. The first kappa shape index (κ1) is 20.0. The fraction of sp³-hybridized carbons (Fsp3) is 0.238. The van der Waals surface area contributed by atoms with E-state index in [1.165, 1.54) is 18.2 Å². The number of hydrogen-bond acceptors (Lipinski definition) is 6. The lowest BCUT2D eigenvalue weighted by Crippen LogP contribution is -2.40. The van der Waals surface area contributed by atoms with Crippen molar-refractivity contribution < 1.29 is 28.7 Å².